The first-order valence-corrected chi connectivity index (χ1v) is 9.69. The Balaban J connectivity index is 1.41. The van der Waals surface area contributed by atoms with Crippen molar-refractivity contribution < 1.29 is 4.79 Å². The van der Waals surface area contributed by atoms with Gasteiger partial charge in [0.25, 0.3) is 11.5 Å². The first kappa shape index (κ1) is 18.3. The lowest BCUT2D eigenvalue weighted by Crippen LogP contribution is -2.40. The Morgan fingerprint density at radius 2 is 1.93 bits per heavy atom. The number of aryl methyl sites for hydroxylation is 1. The van der Waals surface area contributed by atoms with E-state index in [1.807, 2.05) is 49.1 Å². The van der Waals surface area contributed by atoms with Gasteiger partial charge in [-0.3, -0.25) is 19.1 Å². The van der Waals surface area contributed by atoms with Crippen molar-refractivity contribution in [3.05, 3.63) is 70.0 Å². The molecule has 3 heterocycles. The van der Waals surface area contributed by atoms with Gasteiger partial charge in [0, 0.05) is 48.0 Å². The van der Waals surface area contributed by atoms with E-state index in [1.54, 1.807) is 17.1 Å². The number of benzene rings is 1. The molecule has 144 valence electrons. The fourth-order valence-electron chi connectivity index (χ4n) is 3.79. The van der Waals surface area contributed by atoms with Gasteiger partial charge in [0.15, 0.2) is 0 Å². The van der Waals surface area contributed by atoms with Gasteiger partial charge in [-0.25, -0.2) is 4.98 Å². The summed E-state index contributed by atoms with van der Waals surface area (Å²) in [5.74, 6) is 0.445. The van der Waals surface area contributed by atoms with Gasteiger partial charge in [0.2, 0.25) is 0 Å². The highest BCUT2D eigenvalue weighted by Gasteiger charge is 2.24. The number of piperidine rings is 1. The zero-order valence-electron chi connectivity index (χ0n) is 16.3. The van der Waals surface area contributed by atoms with E-state index < -0.39 is 0 Å². The maximum atomic E-state index is 12.9. The van der Waals surface area contributed by atoms with Crippen LogP contribution >= 0.6 is 0 Å². The summed E-state index contributed by atoms with van der Waals surface area (Å²) in [6, 6.07) is 9.52. The number of rotatable bonds is 3. The van der Waals surface area contributed by atoms with Crippen LogP contribution in [0.1, 0.15) is 34.5 Å². The summed E-state index contributed by atoms with van der Waals surface area (Å²) < 4.78 is 1.71. The molecule has 1 aromatic carbocycles. The highest BCUT2D eigenvalue weighted by atomic mass is 16.2. The first-order valence-electron chi connectivity index (χ1n) is 9.69. The quantitative estimate of drug-likeness (QED) is 0.705. The molecule has 0 bridgehead atoms. The Kier molecular flexibility index (Phi) is 4.94. The third-order valence-electron chi connectivity index (χ3n) is 5.72. The Morgan fingerprint density at radius 1 is 1.14 bits per heavy atom. The van der Waals surface area contributed by atoms with Crippen molar-refractivity contribution in [1.29, 1.82) is 0 Å². The van der Waals surface area contributed by atoms with E-state index in [0.29, 0.717) is 36.7 Å². The molecule has 0 radical (unpaired) electrons. The van der Waals surface area contributed by atoms with Crippen molar-refractivity contribution in [3.63, 3.8) is 0 Å². The van der Waals surface area contributed by atoms with Gasteiger partial charge in [0.1, 0.15) is 0 Å². The number of aromatic nitrogens is 3. The van der Waals surface area contributed by atoms with Gasteiger partial charge >= 0.3 is 0 Å². The van der Waals surface area contributed by atoms with Crippen LogP contribution in [0, 0.1) is 19.8 Å². The van der Waals surface area contributed by atoms with E-state index in [4.69, 9.17) is 0 Å². The number of carbonyl (C=O) groups excluding carboxylic acids is 1. The summed E-state index contributed by atoms with van der Waals surface area (Å²) in [5.41, 5.74) is 3.13. The lowest BCUT2D eigenvalue weighted by atomic mass is 9.96. The Labute approximate surface area is 163 Å². The zero-order chi connectivity index (χ0) is 19.7. The van der Waals surface area contributed by atoms with Crippen molar-refractivity contribution in [1.82, 2.24) is 19.4 Å². The minimum absolute atomic E-state index is 0.0378. The molecule has 1 aliphatic rings. The van der Waals surface area contributed by atoms with E-state index in [0.717, 1.165) is 29.4 Å². The molecule has 0 saturated carbocycles. The molecule has 6 heteroatoms. The molecule has 1 aliphatic heterocycles. The highest BCUT2D eigenvalue weighted by molar-refractivity contribution is 5.97. The van der Waals surface area contributed by atoms with Gasteiger partial charge in [-0.15, -0.1) is 0 Å². The van der Waals surface area contributed by atoms with Gasteiger partial charge in [-0.2, -0.15) is 0 Å². The average Bonchev–Trinajstić information content (AvgIpc) is 2.74. The van der Waals surface area contributed by atoms with Crippen LogP contribution in [0.2, 0.25) is 0 Å². The largest absolute Gasteiger partial charge is 0.339 e. The molecule has 0 atom stereocenters. The standard InChI is InChI=1S/C22H24N4O2/c1-15-16(2)24-14-26(21(15)27)13-17-7-10-25(11-8-17)22(28)19-5-6-20-18(12-19)4-3-9-23-20/h3-6,9,12,14,17H,7-8,10-11,13H2,1-2H3. The normalized spacial score (nSPS) is 15.1. The van der Waals surface area contributed by atoms with Crippen LogP contribution in [-0.4, -0.2) is 38.4 Å². The Hall–Kier alpha value is -3.02. The second-order valence-corrected chi connectivity index (χ2v) is 7.56. The van der Waals surface area contributed by atoms with Gasteiger partial charge in [0.05, 0.1) is 11.8 Å². The van der Waals surface area contributed by atoms with Gasteiger partial charge < -0.3 is 4.90 Å². The van der Waals surface area contributed by atoms with Gasteiger partial charge in [-0.05, 0) is 56.9 Å². The van der Waals surface area contributed by atoms with Crippen LogP contribution < -0.4 is 5.56 Å². The van der Waals surface area contributed by atoms with Crippen LogP contribution in [0.25, 0.3) is 10.9 Å². The number of fused-ring (bicyclic) bond motifs is 1. The summed E-state index contributed by atoms with van der Waals surface area (Å²) in [4.78, 5) is 35.8. The molecule has 3 aromatic rings. The molecule has 28 heavy (non-hydrogen) atoms. The number of amides is 1. The van der Waals surface area contributed by atoms with Crippen LogP contribution in [0.3, 0.4) is 0 Å². The minimum Gasteiger partial charge on any atom is -0.339 e. The molecule has 0 aliphatic carbocycles. The lowest BCUT2D eigenvalue weighted by molar-refractivity contribution is 0.0682. The molecule has 1 fully saturated rings. The van der Waals surface area contributed by atoms with Crippen molar-refractivity contribution in [2.75, 3.05) is 13.1 Å². The molecule has 0 unspecified atom stereocenters. The number of likely N-dealkylation sites (tertiary alicyclic amines) is 1. The van der Waals surface area contributed by atoms with E-state index in [9.17, 15) is 9.59 Å². The van der Waals surface area contributed by atoms with Crippen molar-refractivity contribution >= 4 is 16.8 Å². The van der Waals surface area contributed by atoms with E-state index >= 15 is 0 Å². The molecule has 0 spiro atoms. The number of carbonyl (C=O) groups is 1. The number of pyridine rings is 1. The van der Waals surface area contributed by atoms with E-state index in [1.165, 1.54) is 0 Å². The molecule has 6 nitrogen and oxygen atoms in total. The van der Waals surface area contributed by atoms with Crippen molar-refractivity contribution in [2.45, 2.75) is 33.2 Å². The lowest BCUT2D eigenvalue weighted by Gasteiger charge is -2.32. The van der Waals surface area contributed by atoms with Crippen LogP contribution in [0.4, 0.5) is 0 Å². The molecule has 2 aromatic heterocycles. The zero-order valence-corrected chi connectivity index (χ0v) is 16.3. The molecular weight excluding hydrogens is 352 g/mol. The minimum atomic E-state index is 0.0378. The second-order valence-electron chi connectivity index (χ2n) is 7.56. The van der Waals surface area contributed by atoms with Crippen LogP contribution in [0.15, 0.2) is 47.7 Å². The van der Waals surface area contributed by atoms with Crippen LogP contribution in [-0.2, 0) is 6.54 Å². The van der Waals surface area contributed by atoms with Gasteiger partial charge in [-0.1, -0.05) is 6.07 Å². The van der Waals surface area contributed by atoms with Crippen molar-refractivity contribution in [3.8, 4) is 0 Å². The third-order valence-corrected chi connectivity index (χ3v) is 5.72. The molecular formula is C22H24N4O2. The number of hydrogen-bond acceptors (Lipinski definition) is 4. The predicted octanol–water partition coefficient (Wildman–Crippen LogP) is 2.96. The smallest absolute Gasteiger partial charge is 0.256 e. The Bertz CT molecular complexity index is 1080. The third kappa shape index (κ3) is 3.54. The monoisotopic (exact) mass is 376 g/mol. The van der Waals surface area contributed by atoms with Crippen LogP contribution in [0.5, 0.6) is 0 Å². The predicted molar refractivity (Wildman–Crippen MR) is 108 cm³/mol. The summed E-state index contributed by atoms with van der Waals surface area (Å²) in [7, 11) is 0. The average molecular weight is 376 g/mol. The molecule has 1 amide bonds. The second kappa shape index (κ2) is 7.54. The fraction of sp³-hybridized carbons (Fsp3) is 0.364. The maximum Gasteiger partial charge on any atom is 0.256 e. The summed E-state index contributed by atoms with van der Waals surface area (Å²) >= 11 is 0. The molecule has 0 N–H and O–H groups in total. The Morgan fingerprint density at radius 3 is 2.71 bits per heavy atom. The number of nitrogens with zero attached hydrogens (tertiary/aromatic N) is 4. The van der Waals surface area contributed by atoms with Crippen molar-refractivity contribution in [2.24, 2.45) is 5.92 Å². The summed E-state index contributed by atoms with van der Waals surface area (Å²) in [6.45, 7) is 5.76. The van der Waals surface area contributed by atoms with E-state index in [-0.39, 0.29) is 11.5 Å². The molecule has 1 saturated heterocycles. The van der Waals surface area contributed by atoms with E-state index in [2.05, 4.69) is 9.97 Å². The summed E-state index contributed by atoms with van der Waals surface area (Å²) in [6.07, 6.45) is 5.18. The topological polar surface area (TPSA) is 68.1 Å². The SMILES string of the molecule is Cc1ncn(CC2CCN(C(=O)c3ccc4ncccc4c3)CC2)c(=O)c1C. The highest BCUT2D eigenvalue weighted by Crippen LogP contribution is 2.22. The first-order chi connectivity index (χ1) is 13.5. The fourth-order valence-corrected chi connectivity index (χ4v) is 3.79. The summed E-state index contributed by atoms with van der Waals surface area (Å²) in [5, 5.41) is 0.977. The maximum absolute atomic E-state index is 12.9. The molecule has 4 rings (SSSR count). The number of hydrogen-bond donors (Lipinski definition) is 0.